The van der Waals surface area contributed by atoms with Gasteiger partial charge in [-0.05, 0) is 37.5 Å². The SMILES string of the molecule is COc1ccc2c3c(n4c2c1OC(OC)C4=O)C1OC(C)C(O)C1CCN(C=O)CC3. The topological polar surface area (TPSA) is 99.5 Å². The van der Waals surface area contributed by atoms with Crippen LogP contribution in [-0.2, 0) is 20.7 Å². The normalized spacial score (nSPS) is 30.1. The predicted octanol–water partition coefficient (Wildman–Crippen LogP) is 1.50. The van der Waals surface area contributed by atoms with Crippen molar-refractivity contribution in [1.82, 2.24) is 9.47 Å². The van der Waals surface area contributed by atoms with Crippen molar-refractivity contribution in [2.75, 3.05) is 27.3 Å². The third kappa shape index (κ3) is 2.87. The molecule has 1 saturated heterocycles. The van der Waals surface area contributed by atoms with E-state index in [4.69, 9.17) is 18.9 Å². The van der Waals surface area contributed by atoms with Crippen LogP contribution in [0.1, 0.15) is 35.5 Å². The van der Waals surface area contributed by atoms with Crippen molar-refractivity contribution in [3.8, 4) is 11.5 Å². The highest BCUT2D eigenvalue weighted by Crippen LogP contribution is 2.49. The minimum atomic E-state index is -1.12. The average molecular weight is 430 g/mol. The van der Waals surface area contributed by atoms with Gasteiger partial charge in [-0.1, -0.05) is 0 Å². The summed E-state index contributed by atoms with van der Waals surface area (Å²) in [5.41, 5.74) is 2.23. The molecule has 5 unspecified atom stereocenters. The molecule has 5 atom stereocenters. The van der Waals surface area contributed by atoms with Gasteiger partial charge in [0.1, 0.15) is 11.6 Å². The number of carbonyl (C=O) groups excluding carboxylic acids is 2. The Morgan fingerprint density at radius 2 is 2.06 bits per heavy atom. The molecule has 9 nitrogen and oxygen atoms in total. The highest BCUT2D eigenvalue weighted by atomic mass is 16.7. The van der Waals surface area contributed by atoms with E-state index >= 15 is 0 Å². The van der Waals surface area contributed by atoms with Gasteiger partial charge >= 0.3 is 5.91 Å². The van der Waals surface area contributed by atoms with E-state index in [9.17, 15) is 14.7 Å². The largest absolute Gasteiger partial charge is 0.493 e. The Balaban J connectivity index is 1.81. The van der Waals surface area contributed by atoms with Gasteiger partial charge in [0.15, 0.2) is 11.5 Å². The molecule has 0 radical (unpaired) electrons. The van der Waals surface area contributed by atoms with Crippen molar-refractivity contribution in [2.24, 2.45) is 5.92 Å². The van der Waals surface area contributed by atoms with Gasteiger partial charge in [0.2, 0.25) is 6.41 Å². The van der Waals surface area contributed by atoms with Gasteiger partial charge in [-0.15, -0.1) is 0 Å². The maximum atomic E-state index is 13.4. The second-order valence-electron chi connectivity index (χ2n) is 8.31. The van der Waals surface area contributed by atoms with Crippen LogP contribution < -0.4 is 9.47 Å². The molecule has 0 saturated carbocycles. The number of benzene rings is 1. The molecule has 0 aliphatic carbocycles. The third-order valence-corrected chi connectivity index (χ3v) is 6.76. The lowest BCUT2D eigenvalue weighted by Gasteiger charge is -2.28. The van der Waals surface area contributed by atoms with Crippen LogP contribution in [0.15, 0.2) is 12.1 Å². The summed E-state index contributed by atoms with van der Waals surface area (Å²) in [7, 11) is 2.96. The number of aromatic nitrogens is 1. The monoisotopic (exact) mass is 430 g/mol. The molecule has 1 N–H and O–H groups in total. The molecule has 3 aliphatic rings. The number of fused-ring (bicyclic) bond motifs is 5. The molecule has 5 rings (SSSR count). The van der Waals surface area contributed by atoms with E-state index in [2.05, 4.69) is 0 Å². The summed E-state index contributed by atoms with van der Waals surface area (Å²) in [6.45, 7) is 2.86. The van der Waals surface area contributed by atoms with Crippen LogP contribution in [0.5, 0.6) is 11.5 Å². The molecule has 166 valence electrons. The Morgan fingerprint density at radius 3 is 2.77 bits per heavy atom. The van der Waals surface area contributed by atoms with E-state index in [1.165, 1.54) is 7.11 Å². The Kier molecular flexibility index (Phi) is 4.91. The van der Waals surface area contributed by atoms with Gasteiger partial charge in [-0.2, -0.15) is 0 Å². The summed E-state index contributed by atoms with van der Waals surface area (Å²) in [4.78, 5) is 26.7. The summed E-state index contributed by atoms with van der Waals surface area (Å²) < 4.78 is 24.5. The second-order valence-corrected chi connectivity index (χ2v) is 8.31. The summed E-state index contributed by atoms with van der Waals surface area (Å²) in [6, 6.07) is 3.71. The summed E-state index contributed by atoms with van der Waals surface area (Å²) >= 11 is 0. The molecule has 2 aromatic rings. The standard InChI is InChI=1S/C22H26N2O7/c1-11-18(26)14-7-9-23(10-25)8-6-13-12-4-5-15(28-2)20-17(12)24(16(13)19(14)30-11)21(27)22(29-3)31-20/h4-5,10-11,14,18-19,22,26H,6-9H2,1-3H3. The highest BCUT2D eigenvalue weighted by Gasteiger charge is 2.47. The van der Waals surface area contributed by atoms with E-state index in [1.54, 1.807) is 22.6 Å². The summed E-state index contributed by atoms with van der Waals surface area (Å²) in [5.74, 6) is 0.332. The molecule has 0 spiro atoms. The minimum absolute atomic E-state index is 0.253. The fraction of sp³-hybridized carbons (Fsp3) is 0.545. The predicted molar refractivity (Wildman–Crippen MR) is 109 cm³/mol. The average Bonchev–Trinajstić information content (AvgIpc) is 3.27. The van der Waals surface area contributed by atoms with Gasteiger partial charge < -0.3 is 29.0 Å². The maximum absolute atomic E-state index is 13.4. The number of methoxy groups -OCH3 is 2. The number of hydrogen-bond acceptors (Lipinski definition) is 7. The molecule has 9 heteroatoms. The van der Waals surface area contributed by atoms with Crippen LogP contribution in [-0.4, -0.2) is 72.7 Å². The van der Waals surface area contributed by atoms with Crippen LogP contribution in [0.25, 0.3) is 10.9 Å². The Hall–Kier alpha value is -2.62. The van der Waals surface area contributed by atoms with Crippen LogP contribution in [0, 0.1) is 5.92 Å². The maximum Gasteiger partial charge on any atom is 0.301 e. The van der Waals surface area contributed by atoms with Crippen molar-refractivity contribution >= 4 is 23.2 Å². The first-order chi connectivity index (χ1) is 15.0. The number of amides is 1. The number of rotatable bonds is 3. The van der Waals surface area contributed by atoms with Crippen molar-refractivity contribution < 1.29 is 33.6 Å². The first-order valence-corrected chi connectivity index (χ1v) is 10.5. The van der Waals surface area contributed by atoms with Gasteiger partial charge in [0.25, 0.3) is 6.29 Å². The molecule has 3 aliphatic heterocycles. The zero-order valence-corrected chi connectivity index (χ0v) is 17.7. The second kappa shape index (κ2) is 7.51. The fourth-order valence-corrected chi connectivity index (χ4v) is 5.21. The van der Waals surface area contributed by atoms with Gasteiger partial charge in [0, 0.05) is 31.5 Å². The molecule has 1 fully saturated rings. The summed E-state index contributed by atoms with van der Waals surface area (Å²) in [5, 5.41) is 11.7. The number of ether oxygens (including phenoxy) is 4. The van der Waals surface area contributed by atoms with Crippen LogP contribution >= 0.6 is 0 Å². The lowest BCUT2D eigenvalue weighted by atomic mass is 9.90. The highest BCUT2D eigenvalue weighted by molar-refractivity contribution is 6.03. The number of aliphatic hydroxyl groups excluding tert-OH is 1. The molecule has 1 aromatic carbocycles. The van der Waals surface area contributed by atoms with E-state index in [0.717, 1.165) is 17.4 Å². The van der Waals surface area contributed by atoms with Gasteiger partial charge in [0.05, 0.1) is 25.0 Å². The zero-order valence-electron chi connectivity index (χ0n) is 17.7. The Morgan fingerprint density at radius 1 is 1.26 bits per heavy atom. The van der Waals surface area contributed by atoms with Crippen molar-refractivity contribution in [3.63, 3.8) is 0 Å². The lowest BCUT2D eigenvalue weighted by molar-refractivity contribution is -0.118. The van der Waals surface area contributed by atoms with Crippen LogP contribution in [0.4, 0.5) is 0 Å². The molecule has 31 heavy (non-hydrogen) atoms. The van der Waals surface area contributed by atoms with E-state index in [1.807, 2.05) is 13.0 Å². The number of carbonyl (C=O) groups is 2. The molecular weight excluding hydrogens is 404 g/mol. The molecule has 4 heterocycles. The summed E-state index contributed by atoms with van der Waals surface area (Å²) in [6.07, 6.45) is -0.734. The molecule has 0 bridgehead atoms. The third-order valence-electron chi connectivity index (χ3n) is 6.76. The van der Waals surface area contributed by atoms with E-state index < -0.39 is 18.5 Å². The lowest BCUT2D eigenvalue weighted by Crippen LogP contribution is -2.38. The zero-order chi connectivity index (χ0) is 21.9. The Bertz CT molecular complexity index is 1050. The fourth-order valence-electron chi connectivity index (χ4n) is 5.21. The number of hydrogen-bond donors (Lipinski definition) is 1. The van der Waals surface area contributed by atoms with Crippen LogP contribution in [0.2, 0.25) is 0 Å². The smallest absolute Gasteiger partial charge is 0.301 e. The first kappa shape index (κ1) is 20.3. The Labute approximate surface area is 179 Å². The molecular formula is C22H26N2O7. The van der Waals surface area contributed by atoms with Crippen LogP contribution in [0.3, 0.4) is 0 Å². The minimum Gasteiger partial charge on any atom is -0.493 e. The van der Waals surface area contributed by atoms with Crippen molar-refractivity contribution in [2.45, 2.75) is 44.4 Å². The molecule has 1 amide bonds. The number of nitrogens with zero attached hydrogens (tertiary/aromatic N) is 2. The van der Waals surface area contributed by atoms with E-state index in [-0.39, 0.29) is 17.9 Å². The van der Waals surface area contributed by atoms with E-state index in [0.29, 0.717) is 48.6 Å². The quantitative estimate of drug-likeness (QED) is 0.737. The van der Waals surface area contributed by atoms with Crippen molar-refractivity contribution in [3.05, 3.63) is 23.4 Å². The first-order valence-electron chi connectivity index (χ1n) is 10.5. The van der Waals surface area contributed by atoms with Gasteiger partial charge in [-0.3, -0.25) is 14.2 Å². The number of aliphatic hydroxyl groups is 1. The molecule has 1 aromatic heterocycles. The van der Waals surface area contributed by atoms with Crippen molar-refractivity contribution in [1.29, 1.82) is 0 Å². The van der Waals surface area contributed by atoms with Gasteiger partial charge in [-0.25, -0.2) is 0 Å².